The van der Waals surface area contributed by atoms with Gasteiger partial charge in [-0.05, 0) is 0 Å². The first-order chi connectivity index (χ1) is 11.4. The normalized spacial score (nSPS) is 16.1. The Hall–Kier alpha value is -1.15. The Bertz CT molecular complexity index is 887. The summed E-state index contributed by atoms with van der Waals surface area (Å²) in [4.78, 5) is 0. The van der Waals surface area contributed by atoms with Crippen molar-refractivity contribution in [3.8, 4) is 11.1 Å². The van der Waals surface area contributed by atoms with Crippen LogP contribution in [0.4, 0.5) is 0 Å². The van der Waals surface area contributed by atoms with Crippen LogP contribution in [0.2, 0.25) is 0 Å². The Balaban J connectivity index is 0.000000911. The molecule has 0 spiro atoms. The monoisotopic (exact) mass is 530 g/mol. The molecule has 3 aromatic carbocycles. The van der Waals surface area contributed by atoms with E-state index in [2.05, 4.69) is 84.9 Å². The molecule has 25 heavy (non-hydrogen) atoms. The maximum Gasteiger partial charge on any atom is -1.00 e. The van der Waals surface area contributed by atoms with Crippen LogP contribution >= 0.6 is 0 Å². The van der Waals surface area contributed by atoms with Crippen LogP contribution in [0.3, 0.4) is 0 Å². The molecule has 0 fully saturated rings. The van der Waals surface area contributed by atoms with E-state index in [1.807, 2.05) is 0 Å². The summed E-state index contributed by atoms with van der Waals surface area (Å²) in [6.45, 7) is 0. The van der Waals surface area contributed by atoms with Gasteiger partial charge < -0.3 is 24.8 Å². The number of hydrogen-bond acceptors (Lipinski definition) is 0. The van der Waals surface area contributed by atoms with E-state index in [4.69, 9.17) is 0 Å². The Kier molecular flexibility index (Phi) is 5.68. The Morgan fingerprint density at radius 1 is 0.600 bits per heavy atom. The summed E-state index contributed by atoms with van der Waals surface area (Å²) < 4.78 is 1.42. The van der Waals surface area contributed by atoms with Gasteiger partial charge in [-0.3, -0.25) is 0 Å². The summed E-state index contributed by atoms with van der Waals surface area (Å²) in [5, 5.41) is 0. The minimum atomic E-state index is -0.950. The van der Waals surface area contributed by atoms with Crippen molar-refractivity contribution in [1.82, 2.24) is 0 Å². The number of fused-ring (bicyclic) bond motifs is 4. The molecule has 0 N–H and O–H groups in total. The van der Waals surface area contributed by atoms with Crippen molar-refractivity contribution in [3.63, 3.8) is 0 Å². The minimum Gasteiger partial charge on any atom is -1.00 e. The molecule has 0 aromatic heterocycles. The van der Waals surface area contributed by atoms with Crippen LogP contribution < -0.4 is 24.8 Å². The molecule has 5 rings (SSSR count). The third-order valence-corrected chi connectivity index (χ3v) is 11.5. The van der Waals surface area contributed by atoms with Crippen molar-refractivity contribution < 1.29 is 47.7 Å². The molecule has 0 saturated heterocycles. The van der Waals surface area contributed by atoms with Gasteiger partial charge in [0.15, 0.2) is 0 Å². The molecular weight excluding hydrogens is 514 g/mol. The van der Waals surface area contributed by atoms with E-state index in [9.17, 15) is 0 Å². The fourth-order valence-corrected chi connectivity index (χ4v) is 10.6. The van der Waals surface area contributed by atoms with Crippen molar-refractivity contribution in [1.29, 1.82) is 0 Å². The molecule has 0 saturated carbocycles. The summed E-state index contributed by atoms with van der Waals surface area (Å²) in [7, 11) is 0. The van der Waals surface area contributed by atoms with E-state index in [0.717, 1.165) is 3.67 Å². The maximum atomic E-state index is 2.47. The average Bonchev–Trinajstić information content (AvgIpc) is 3.16. The maximum absolute atomic E-state index is 2.47. The third kappa shape index (κ3) is 3.07. The number of rotatable bonds is 2. The molecule has 0 amide bonds. The summed E-state index contributed by atoms with van der Waals surface area (Å²) in [6, 6.07) is 27.0. The van der Waals surface area contributed by atoms with Gasteiger partial charge in [-0.2, -0.15) is 0 Å². The van der Waals surface area contributed by atoms with E-state index >= 15 is 0 Å². The fourth-order valence-electron chi connectivity index (χ4n) is 3.91. The molecule has 0 heterocycles. The SMILES string of the molecule is C1=C[CH]([Hf+2][CH]2c3ccccc3-c3ccccc32)c2ccccc21.[Cl-].[Cl-]. The Labute approximate surface area is 172 Å². The van der Waals surface area contributed by atoms with Crippen molar-refractivity contribution in [2.75, 3.05) is 0 Å². The van der Waals surface area contributed by atoms with Crippen molar-refractivity contribution in [2.24, 2.45) is 0 Å². The third-order valence-electron chi connectivity index (χ3n) is 4.98. The van der Waals surface area contributed by atoms with E-state index in [1.165, 1.54) is 16.7 Å². The molecule has 0 nitrogen and oxygen atoms in total. The van der Waals surface area contributed by atoms with Gasteiger partial charge in [-0.15, -0.1) is 0 Å². The van der Waals surface area contributed by atoms with Gasteiger partial charge in [-0.25, -0.2) is 0 Å². The molecule has 1 unspecified atom stereocenters. The first-order valence-corrected chi connectivity index (χ1v) is 12.3. The second-order valence-corrected chi connectivity index (χ2v) is 11.7. The van der Waals surface area contributed by atoms with E-state index in [-0.39, 0.29) is 24.8 Å². The largest absolute Gasteiger partial charge is 1.00 e. The van der Waals surface area contributed by atoms with Gasteiger partial charge in [0, 0.05) is 0 Å². The summed E-state index contributed by atoms with van der Waals surface area (Å²) in [5.41, 5.74) is 9.10. The van der Waals surface area contributed by atoms with E-state index in [1.54, 1.807) is 16.7 Å². The quantitative estimate of drug-likeness (QED) is 0.397. The van der Waals surface area contributed by atoms with Crippen LogP contribution in [0, 0.1) is 0 Å². The molecule has 3 heteroatoms. The summed E-state index contributed by atoms with van der Waals surface area (Å²) in [5.74, 6) is 0. The molecule has 0 bridgehead atoms. The Morgan fingerprint density at radius 3 is 1.76 bits per heavy atom. The smallest absolute Gasteiger partial charge is 1.00 e. The van der Waals surface area contributed by atoms with Gasteiger partial charge in [0.1, 0.15) is 0 Å². The summed E-state index contributed by atoms with van der Waals surface area (Å²) in [6.07, 6.45) is 4.80. The van der Waals surface area contributed by atoms with Gasteiger partial charge in [0.25, 0.3) is 0 Å². The standard InChI is InChI=1S/C13H9.C9H7.2ClH.Hf/c1-3-7-12-10(5-1)9-11-6-2-4-8-13(11)12;1-2-5-9-7-3-6-8(9)4-1;;;/h1-9H;1-7H;2*1H;/q;;;;+2/p-2. The van der Waals surface area contributed by atoms with Gasteiger partial charge >= 0.3 is 149 Å². The van der Waals surface area contributed by atoms with Gasteiger partial charge in [0.05, 0.1) is 0 Å². The summed E-state index contributed by atoms with van der Waals surface area (Å²) >= 11 is -0.950. The van der Waals surface area contributed by atoms with Gasteiger partial charge in [0.2, 0.25) is 0 Å². The van der Waals surface area contributed by atoms with Crippen molar-refractivity contribution in [2.45, 2.75) is 7.35 Å². The molecule has 3 aromatic rings. The van der Waals surface area contributed by atoms with Crippen molar-refractivity contribution >= 4 is 6.08 Å². The first kappa shape index (κ1) is 18.6. The van der Waals surface area contributed by atoms with E-state index in [0.29, 0.717) is 3.67 Å². The predicted octanol–water partition coefficient (Wildman–Crippen LogP) is -0.385. The predicted molar refractivity (Wildman–Crippen MR) is 91.9 cm³/mol. The molecule has 2 aliphatic carbocycles. The average molecular weight is 530 g/mol. The molecule has 122 valence electrons. The molecule has 0 radical (unpaired) electrons. The van der Waals surface area contributed by atoms with Crippen LogP contribution in [-0.4, -0.2) is 0 Å². The zero-order valence-corrected chi connectivity index (χ0v) is 18.6. The zero-order chi connectivity index (χ0) is 15.2. The van der Waals surface area contributed by atoms with E-state index < -0.39 is 22.9 Å². The second kappa shape index (κ2) is 7.61. The number of benzene rings is 3. The van der Waals surface area contributed by atoms with Gasteiger partial charge in [-0.1, -0.05) is 0 Å². The van der Waals surface area contributed by atoms with Crippen molar-refractivity contribution in [3.05, 3.63) is 101 Å². The van der Waals surface area contributed by atoms with Crippen LogP contribution in [-0.2, 0) is 22.9 Å². The fraction of sp³-hybridized carbons (Fsp3) is 0.0909. The van der Waals surface area contributed by atoms with Crippen LogP contribution in [0.25, 0.3) is 17.2 Å². The zero-order valence-electron chi connectivity index (χ0n) is 13.5. The minimum absolute atomic E-state index is 0. The molecule has 2 aliphatic rings. The number of hydrogen-bond donors (Lipinski definition) is 0. The van der Waals surface area contributed by atoms with Crippen LogP contribution in [0.15, 0.2) is 78.9 Å². The number of allylic oxidation sites excluding steroid dienone is 1. The molecule has 1 atom stereocenters. The second-order valence-electron chi connectivity index (χ2n) is 6.24. The van der Waals surface area contributed by atoms with Crippen LogP contribution in [0.5, 0.6) is 0 Å². The first-order valence-electron chi connectivity index (χ1n) is 8.13. The molecular formula is C22H16Cl2Hf. The molecule has 0 aliphatic heterocycles. The Morgan fingerprint density at radius 2 is 1.12 bits per heavy atom. The van der Waals surface area contributed by atoms with Crippen LogP contribution in [0.1, 0.15) is 29.6 Å². The number of halogens is 2. The topological polar surface area (TPSA) is 0 Å².